The minimum Gasteiger partial charge on any atom is -0.472 e. The summed E-state index contributed by atoms with van der Waals surface area (Å²) in [5.74, 6) is -0.0531. The Balaban J connectivity index is 1.69. The molecule has 1 unspecified atom stereocenters. The lowest BCUT2D eigenvalue weighted by Crippen LogP contribution is -2.69. The van der Waals surface area contributed by atoms with Crippen molar-refractivity contribution in [1.82, 2.24) is 14.9 Å². The van der Waals surface area contributed by atoms with Crippen molar-refractivity contribution in [2.24, 2.45) is 5.11 Å². The first-order chi connectivity index (χ1) is 20.7. The third kappa shape index (κ3) is 5.70. The van der Waals surface area contributed by atoms with Crippen molar-refractivity contribution in [2.45, 2.75) is 129 Å². The lowest BCUT2D eigenvalue weighted by molar-refractivity contribution is -0.0165. The summed E-state index contributed by atoms with van der Waals surface area (Å²) in [6.45, 7) is 22.4. The van der Waals surface area contributed by atoms with Gasteiger partial charge in [0.2, 0.25) is 5.88 Å². The van der Waals surface area contributed by atoms with E-state index in [1.807, 2.05) is 39.5 Å². The molecule has 2 aromatic heterocycles. The number of nitrogens with zero attached hydrogens (tertiary/aromatic N) is 7. The summed E-state index contributed by atoms with van der Waals surface area (Å²) in [4.78, 5) is 30.2. The SMILES string of the molecule is Cc1c(C(CO[Si](C)(C)C(C)(C)C)N=[N+]=[N-])nc2c3c(nc(Cl)c(F)c13)O[C@@H](C)[C@@H]1[C@@H]3CC[C@](C)(CN21)N3C(=O)OC(C)(C)C. The molecular weight excluding hydrogens is 617 g/mol. The van der Waals surface area contributed by atoms with Gasteiger partial charge >= 0.3 is 6.09 Å². The molecule has 0 aromatic carbocycles. The highest BCUT2D eigenvalue weighted by Crippen LogP contribution is 2.50. The van der Waals surface area contributed by atoms with E-state index in [4.69, 9.17) is 30.5 Å². The molecule has 3 aliphatic heterocycles. The Bertz CT molecular complexity index is 1590. The van der Waals surface area contributed by atoms with Crippen LogP contribution >= 0.6 is 11.6 Å². The molecule has 5 atom stereocenters. The minimum absolute atomic E-state index is 0.0763. The maximum Gasteiger partial charge on any atom is 0.411 e. The van der Waals surface area contributed by atoms with Crippen LogP contribution in [-0.2, 0) is 9.16 Å². The van der Waals surface area contributed by atoms with Crippen LogP contribution in [0.2, 0.25) is 23.3 Å². The Labute approximate surface area is 270 Å². The van der Waals surface area contributed by atoms with Gasteiger partial charge in [-0.1, -0.05) is 37.5 Å². The first kappa shape index (κ1) is 33.5. The lowest BCUT2D eigenvalue weighted by atomic mass is 9.93. The van der Waals surface area contributed by atoms with Gasteiger partial charge in [0, 0.05) is 23.4 Å². The van der Waals surface area contributed by atoms with Gasteiger partial charge in [-0.05, 0) is 83.6 Å². The zero-order chi connectivity index (χ0) is 33.4. The van der Waals surface area contributed by atoms with Crippen LogP contribution in [0.5, 0.6) is 5.88 Å². The van der Waals surface area contributed by atoms with E-state index in [0.29, 0.717) is 29.0 Å². The van der Waals surface area contributed by atoms with Crippen LogP contribution in [0.15, 0.2) is 5.11 Å². The molecular formula is C31H45ClFN7O4Si. The van der Waals surface area contributed by atoms with Crippen LogP contribution in [0, 0.1) is 12.7 Å². The zero-order valence-electron chi connectivity index (χ0n) is 28.2. The van der Waals surface area contributed by atoms with Gasteiger partial charge in [-0.25, -0.2) is 14.2 Å². The molecule has 0 saturated carbocycles. The second-order valence-corrected chi connectivity index (χ2v) is 20.6. The van der Waals surface area contributed by atoms with E-state index in [0.717, 1.165) is 12.8 Å². The molecule has 246 valence electrons. The van der Waals surface area contributed by atoms with Crippen LogP contribution in [0.1, 0.15) is 85.5 Å². The molecule has 0 N–H and O–H groups in total. The zero-order valence-corrected chi connectivity index (χ0v) is 29.9. The smallest absolute Gasteiger partial charge is 0.411 e. The number of pyridine rings is 2. The average molecular weight is 662 g/mol. The Hall–Kier alpha value is -2.86. The van der Waals surface area contributed by atoms with Gasteiger partial charge < -0.3 is 18.8 Å². The number of aryl methyl sites for hydroxylation is 1. The monoisotopic (exact) mass is 661 g/mol. The van der Waals surface area contributed by atoms with E-state index in [1.165, 1.54) is 0 Å². The van der Waals surface area contributed by atoms with Gasteiger partial charge in [-0.2, -0.15) is 4.98 Å². The van der Waals surface area contributed by atoms with Crippen LogP contribution < -0.4 is 9.64 Å². The van der Waals surface area contributed by atoms with Crippen molar-refractivity contribution in [3.63, 3.8) is 0 Å². The summed E-state index contributed by atoms with van der Waals surface area (Å²) in [7, 11) is -2.24. The summed E-state index contributed by atoms with van der Waals surface area (Å²) >= 11 is 6.38. The molecule has 11 nitrogen and oxygen atoms in total. The fourth-order valence-electron chi connectivity index (χ4n) is 6.77. The van der Waals surface area contributed by atoms with Crippen molar-refractivity contribution in [1.29, 1.82) is 0 Å². The number of hydrogen-bond acceptors (Lipinski definition) is 8. The fourth-order valence-corrected chi connectivity index (χ4v) is 7.95. The number of halogens is 2. The average Bonchev–Trinajstić information content (AvgIpc) is 3.09. The summed E-state index contributed by atoms with van der Waals surface area (Å²) in [5.41, 5.74) is 9.25. The van der Waals surface area contributed by atoms with Gasteiger partial charge in [0.1, 0.15) is 23.6 Å². The van der Waals surface area contributed by atoms with Crippen molar-refractivity contribution in [3.8, 4) is 5.88 Å². The number of ether oxygens (including phenoxy) is 2. The maximum absolute atomic E-state index is 16.1. The van der Waals surface area contributed by atoms with Crippen LogP contribution in [-0.4, -0.2) is 71.8 Å². The molecule has 0 spiro atoms. The summed E-state index contributed by atoms with van der Waals surface area (Å²) in [6.07, 6.45) is 0.641. The van der Waals surface area contributed by atoms with Gasteiger partial charge in [0.05, 0.1) is 28.7 Å². The Kier molecular flexibility index (Phi) is 8.29. The molecule has 1 amide bonds. The first-order valence-electron chi connectivity index (χ1n) is 15.5. The molecule has 14 heteroatoms. The molecule has 2 aromatic rings. The number of azide groups is 1. The van der Waals surface area contributed by atoms with Gasteiger partial charge in [-0.3, -0.25) is 4.90 Å². The van der Waals surface area contributed by atoms with E-state index in [9.17, 15) is 10.3 Å². The van der Waals surface area contributed by atoms with Crippen molar-refractivity contribution in [3.05, 3.63) is 32.7 Å². The number of piperazine rings is 1. The standard InChI is InChI=1S/C31H45ClFN7O4Si/c1-16-20-21-26(35-23(16)18(37-38-34)14-42-45(10,11)30(6,7)8)39-15-31(9)13-12-19(40(31)28(41)44-29(3,4)5)24(39)17(2)43-27(21)36-25(32)22(20)33/h17-19,24H,12-15H2,1-11H3/t17-,18?,19-,24+,31+/m0/s1. The first-order valence-corrected chi connectivity index (χ1v) is 18.8. The molecule has 3 aliphatic rings. The summed E-state index contributed by atoms with van der Waals surface area (Å²) < 4.78 is 34.9. The Morgan fingerprint density at radius 2 is 1.93 bits per heavy atom. The van der Waals surface area contributed by atoms with E-state index in [2.05, 4.69) is 53.8 Å². The van der Waals surface area contributed by atoms with E-state index >= 15 is 4.39 Å². The molecule has 2 saturated heterocycles. The van der Waals surface area contributed by atoms with E-state index in [-0.39, 0.29) is 46.2 Å². The normalized spacial score (nSPS) is 25.3. The highest BCUT2D eigenvalue weighted by Gasteiger charge is 2.59. The summed E-state index contributed by atoms with van der Waals surface area (Å²) in [5, 5.41) is 4.34. The molecule has 5 heterocycles. The van der Waals surface area contributed by atoms with Crippen molar-refractivity contribution in [2.75, 3.05) is 18.1 Å². The summed E-state index contributed by atoms with van der Waals surface area (Å²) in [6, 6.07) is -1.44. The Morgan fingerprint density at radius 3 is 2.53 bits per heavy atom. The lowest BCUT2D eigenvalue weighted by Gasteiger charge is -2.52. The van der Waals surface area contributed by atoms with E-state index < -0.39 is 37.4 Å². The number of carbonyl (C=O) groups excluding carboxylic acids is 1. The molecule has 2 fully saturated rings. The number of aromatic nitrogens is 2. The second-order valence-electron chi connectivity index (χ2n) is 15.4. The highest BCUT2D eigenvalue weighted by molar-refractivity contribution is 6.74. The topological polar surface area (TPSA) is 126 Å². The maximum atomic E-state index is 16.1. The van der Waals surface area contributed by atoms with Gasteiger partial charge in [-0.15, -0.1) is 0 Å². The Morgan fingerprint density at radius 1 is 1.27 bits per heavy atom. The fraction of sp³-hybridized carbons (Fsp3) is 0.710. The predicted octanol–water partition coefficient (Wildman–Crippen LogP) is 8.23. The van der Waals surface area contributed by atoms with Crippen LogP contribution in [0.4, 0.5) is 15.0 Å². The number of anilines is 1. The molecule has 2 bridgehead atoms. The molecule has 0 aliphatic carbocycles. The largest absolute Gasteiger partial charge is 0.472 e. The molecule has 5 rings (SSSR count). The number of amides is 1. The minimum atomic E-state index is -2.24. The molecule has 45 heavy (non-hydrogen) atoms. The number of hydrogen-bond donors (Lipinski definition) is 0. The second kappa shape index (κ2) is 11.1. The van der Waals surface area contributed by atoms with Crippen LogP contribution in [0.25, 0.3) is 21.2 Å². The van der Waals surface area contributed by atoms with Crippen molar-refractivity contribution >= 4 is 42.6 Å². The quantitative estimate of drug-likeness (QED) is 0.104. The van der Waals surface area contributed by atoms with Gasteiger partial charge in [0.25, 0.3) is 0 Å². The highest BCUT2D eigenvalue weighted by atomic mass is 35.5. The third-order valence-corrected chi connectivity index (χ3v) is 14.7. The van der Waals surface area contributed by atoms with Crippen molar-refractivity contribution < 1.29 is 23.1 Å². The predicted molar refractivity (Wildman–Crippen MR) is 175 cm³/mol. The third-order valence-electron chi connectivity index (χ3n) is 9.99. The number of rotatable bonds is 5. The molecule has 0 radical (unpaired) electrons. The van der Waals surface area contributed by atoms with Gasteiger partial charge in [0.15, 0.2) is 19.3 Å². The van der Waals surface area contributed by atoms with Crippen LogP contribution in [0.3, 0.4) is 0 Å². The van der Waals surface area contributed by atoms with E-state index in [1.54, 1.807) is 6.92 Å². The number of fused-ring (bicyclic) bond motifs is 5. The number of carbonyl (C=O) groups is 1.